The van der Waals surface area contributed by atoms with Crippen molar-refractivity contribution in [1.82, 2.24) is 0 Å². The number of nitrogens with zero attached hydrogens (tertiary/aromatic N) is 1. The van der Waals surface area contributed by atoms with Gasteiger partial charge in [-0.25, -0.2) is 0 Å². The largest absolute Gasteiger partial charge is 0.495 e. The van der Waals surface area contributed by atoms with Crippen LogP contribution in [0.1, 0.15) is 11.1 Å². The molecule has 0 N–H and O–H groups in total. The molecule has 0 aliphatic rings. The van der Waals surface area contributed by atoms with E-state index in [2.05, 4.69) is 6.07 Å². The molecule has 5 heteroatoms. The molecule has 0 spiro atoms. The van der Waals surface area contributed by atoms with Crippen molar-refractivity contribution in [3.05, 3.63) is 57.6 Å². The lowest BCUT2D eigenvalue weighted by molar-refractivity contribution is 0.305. The Morgan fingerprint density at radius 3 is 2.45 bits per heavy atom. The van der Waals surface area contributed by atoms with Gasteiger partial charge in [-0.15, -0.1) is 0 Å². The molecule has 0 unspecified atom stereocenters. The van der Waals surface area contributed by atoms with Gasteiger partial charge in [0.1, 0.15) is 18.4 Å². The van der Waals surface area contributed by atoms with Gasteiger partial charge >= 0.3 is 0 Å². The van der Waals surface area contributed by atoms with Gasteiger partial charge in [-0.1, -0.05) is 35.3 Å². The molecule has 2 aromatic carbocycles. The van der Waals surface area contributed by atoms with Crippen LogP contribution in [0, 0.1) is 11.3 Å². The Morgan fingerprint density at radius 2 is 1.85 bits per heavy atom. The summed E-state index contributed by atoms with van der Waals surface area (Å²) in [6.45, 7) is 0.283. The Kier molecular flexibility index (Phi) is 4.73. The van der Waals surface area contributed by atoms with E-state index in [-0.39, 0.29) is 6.61 Å². The van der Waals surface area contributed by atoms with Crippen LogP contribution in [0.3, 0.4) is 0 Å². The summed E-state index contributed by atoms with van der Waals surface area (Å²) in [5.41, 5.74) is 1.34. The Labute approximate surface area is 127 Å². The maximum Gasteiger partial charge on any atom is 0.156 e. The third-order valence-electron chi connectivity index (χ3n) is 2.69. The normalized spacial score (nSPS) is 9.90. The molecule has 0 amide bonds. The topological polar surface area (TPSA) is 42.2 Å². The SMILES string of the molecule is COc1cc(COc2c(Cl)cccc2Cl)ccc1C#N. The first-order valence-electron chi connectivity index (χ1n) is 5.79. The number of para-hydroxylation sites is 1. The number of ether oxygens (including phenoxy) is 2. The number of halogens is 2. The van der Waals surface area contributed by atoms with Gasteiger partial charge in [0.25, 0.3) is 0 Å². The minimum absolute atomic E-state index is 0.283. The van der Waals surface area contributed by atoms with Gasteiger partial charge < -0.3 is 9.47 Å². The molecule has 0 atom stereocenters. The number of hydrogen-bond acceptors (Lipinski definition) is 3. The van der Waals surface area contributed by atoms with Gasteiger partial charge in [0.15, 0.2) is 5.75 Å². The van der Waals surface area contributed by atoms with Crippen LogP contribution < -0.4 is 9.47 Å². The molecule has 0 saturated carbocycles. The molecule has 2 rings (SSSR count). The molecule has 102 valence electrons. The number of nitriles is 1. The Hall–Kier alpha value is -1.89. The minimum atomic E-state index is 0.283. The molecule has 3 nitrogen and oxygen atoms in total. The van der Waals surface area contributed by atoms with E-state index < -0.39 is 0 Å². The van der Waals surface area contributed by atoms with E-state index in [0.717, 1.165) is 5.56 Å². The number of rotatable bonds is 4. The molecule has 0 bridgehead atoms. The van der Waals surface area contributed by atoms with Crippen LogP contribution in [0.5, 0.6) is 11.5 Å². The Morgan fingerprint density at radius 1 is 1.15 bits per heavy atom. The molecule has 0 aromatic heterocycles. The minimum Gasteiger partial charge on any atom is -0.495 e. The second-order valence-electron chi connectivity index (χ2n) is 3.99. The molecule has 0 radical (unpaired) electrons. The first-order chi connectivity index (χ1) is 9.65. The number of methoxy groups -OCH3 is 1. The smallest absolute Gasteiger partial charge is 0.156 e. The zero-order valence-corrected chi connectivity index (χ0v) is 12.2. The van der Waals surface area contributed by atoms with Crippen molar-refractivity contribution in [2.75, 3.05) is 7.11 Å². The monoisotopic (exact) mass is 307 g/mol. The highest BCUT2D eigenvalue weighted by Crippen LogP contribution is 2.33. The van der Waals surface area contributed by atoms with Crippen LogP contribution in [0.25, 0.3) is 0 Å². The van der Waals surface area contributed by atoms with Crippen molar-refractivity contribution in [3.8, 4) is 17.6 Å². The standard InChI is InChI=1S/C15H11Cl2NO2/c1-19-14-7-10(5-6-11(14)8-18)9-20-15-12(16)3-2-4-13(15)17/h2-7H,9H2,1H3. The van der Waals surface area contributed by atoms with E-state index in [4.69, 9.17) is 37.9 Å². The zero-order valence-electron chi connectivity index (χ0n) is 10.7. The summed E-state index contributed by atoms with van der Waals surface area (Å²) in [6, 6.07) is 12.5. The van der Waals surface area contributed by atoms with E-state index >= 15 is 0 Å². The summed E-state index contributed by atoms with van der Waals surface area (Å²) >= 11 is 12.0. The maximum atomic E-state index is 8.92. The van der Waals surface area contributed by atoms with Crippen molar-refractivity contribution in [2.45, 2.75) is 6.61 Å². The van der Waals surface area contributed by atoms with Crippen molar-refractivity contribution in [3.63, 3.8) is 0 Å². The van der Waals surface area contributed by atoms with E-state index in [9.17, 15) is 0 Å². The van der Waals surface area contributed by atoms with Gasteiger partial charge in [-0.3, -0.25) is 0 Å². The van der Waals surface area contributed by atoms with Gasteiger partial charge in [-0.05, 0) is 29.8 Å². The lowest BCUT2D eigenvalue weighted by atomic mass is 10.1. The molecule has 20 heavy (non-hydrogen) atoms. The molecule has 0 fully saturated rings. The van der Waals surface area contributed by atoms with E-state index in [1.807, 2.05) is 0 Å². The highest BCUT2D eigenvalue weighted by atomic mass is 35.5. The quantitative estimate of drug-likeness (QED) is 0.838. The molecular weight excluding hydrogens is 297 g/mol. The number of benzene rings is 2. The summed E-state index contributed by atoms with van der Waals surface area (Å²) in [5, 5.41) is 9.84. The molecular formula is C15H11Cl2NO2. The second-order valence-corrected chi connectivity index (χ2v) is 4.80. The summed E-state index contributed by atoms with van der Waals surface area (Å²) in [4.78, 5) is 0. The van der Waals surface area contributed by atoms with Crippen molar-refractivity contribution < 1.29 is 9.47 Å². The maximum absolute atomic E-state index is 8.92. The Balaban J connectivity index is 2.18. The lowest BCUT2D eigenvalue weighted by Gasteiger charge is -2.11. The van der Waals surface area contributed by atoms with Gasteiger partial charge in [0.2, 0.25) is 0 Å². The third kappa shape index (κ3) is 3.16. The van der Waals surface area contributed by atoms with Gasteiger partial charge in [-0.2, -0.15) is 5.26 Å². The first-order valence-corrected chi connectivity index (χ1v) is 6.55. The van der Waals surface area contributed by atoms with E-state index in [1.165, 1.54) is 7.11 Å². The zero-order chi connectivity index (χ0) is 14.5. The fourth-order valence-corrected chi connectivity index (χ4v) is 2.20. The highest BCUT2D eigenvalue weighted by molar-refractivity contribution is 6.37. The van der Waals surface area contributed by atoms with Gasteiger partial charge in [0.05, 0.1) is 22.7 Å². The summed E-state index contributed by atoms with van der Waals surface area (Å²) in [6.07, 6.45) is 0. The molecule has 0 saturated heterocycles. The van der Waals surface area contributed by atoms with Crippen LogP contribution in [0.2, 0.25) is 10.0 Å². The van der Waals surface area contributed by atoms with Gasteiger partial charge in [0, 0.05) is 0 Å². The predicted molar refractivity (Wildman–Crippen MR) is 78.5 cm³/mol. The van der Waals surface area contributed by atoms with Crippen LogP contribution in [-0.2, 0) is 6.61 Å². The second kappa shape index (κ2) is 6.51. The van der Waals surface area contributed by atoms with Crippen LogP contribution in [0.15, 0.2) is 36.4 Å². The average molecular weight is 308 g/mol. The molecule has 0 aliphatic carbocycles. The summed E-state index contributed by atoms with van der Waals surface area (Å²) in [5.74, 6) is 0.956. The van der Waals surface area contributed by atoms with Crippen LogP contribution in [-0.4, -0.2) is 7.11 Å². The van der Waals surface area contributed by atoms with E-state index in [1.54, 1.807) is 36.4 Å². The molecule has 0 heterocycles. The van der Waals surface area contributed by atoms with Crippen molar-refractivity contribution in [1.29, 1.82) is 5.26 Å². The fraction of sp³-hybridized carbons (Fsp3) is 0.133. The fourth-order valence-electron chi connectivity index (χ4n) is 1.69. The van der Waals surface area contributed by atoms with Crippen LogP contribution in [0.4, 0.5) is 0 Å². The number of hydrogen-bond donors (Lipinski definition) is 0. The molecule has 0 aliphatic heterocycles. The lowest BCUT2D eigenvalue weighted by Crippen LogP contribution is -1.98. The van der Waals surface area contributed by atoms with E-state index in [0.29, 0.717) is 27.1 Å². The average Bonchev–Trinajstić information content (AvgIpc) is 2.46. The van der Waals surface area contributed by atoms with Crippen molar-refractivity contribution in [2.24, 2.45) is 0 Å². The summed E-state index contributed by atoms with van der Waals surface area (Å²) in [7, 11) is 1.52. The first kappa shape index (κ1) is 14.5. The highest BCUT2D eigenvalue weighted by Gasteiger charge is 2.08. The Bertz CT molecular complexity index is 645. The van der Waals surface area contributed by atoms with Crippen molar-refractivity contribution >= 4 is 23.2 Å². The summed E-state index contributed by atoms with van der Waals surface area (Å²) < 4.78 is 10.8. The predicted octanol–water partition coefficient (Wildman–Crippen LogP) is 4.45. The van der Waals surface area contributed by atoms with Crippen LogP contribution >= 0.6 is 23.2 Å². The molecule has 2 aromatic rings. The third-order valence-corrected chi connectivity index (χ3v) is 3.28.